The zero-order chi connectivity index (χ0) is 20.7. The topological polar surface area (TPSA) is 84.5 Å². The fourth-order valence-corrected chi connectivity index (χ4v) is 4.32. The van der Waals surface area contributed by atoms with Crippen LogP contribution in [0, 0.1) is 20.8 Å². The number of amides is 3. The maximum absolute atomic E-state index is 12.4. The van der Waals surface area contributed by atoms with Crippen molar-refractivity contribution < 1.29 is 19.1 Å². The quantitative estimate of drug-likeness (QED) is 0.635. The Hall–Kier alpha value is -2.32. The molecule has 3 amide bonds. The van der Waals surface area contributed by atoms with Gasteiger partial charge in [0.2, 0.25) is 5.91 Å². The molecule has 0 aliphatic heterocycles. The van der Waals surface area contributed by atoms with E-state index in [1.807, 2.05) is 38.1 Å². The van der Waals surface area contributed by atoms with E-state index in [2.05, 4.69) is 10.6 Å². The van der Waals surface area contributed by atoms with Crippen LogP contribution in [0.3, 0.4) is 0 Å². The van der Waals surface area contributed by atoms with Crippen molar-refractivity contribution in [2.75, 3.05) is 17.7 Å². The van der Waals surface area contributed by atoms with Crippen LogP contribution in [0.5, 0.6) is 0 Å². The zero-order valence-electron chi connectivity index (χ0n) is 16.4. The Labute approximate surface area is 173 Å². The molecular weight excluding hydrogens is 396 g/mol. The van der Waals surface area contributed by atoms with E-state index in [1.54, 1.807) is 25.6 Å². The molecular formula is C20H24N2O4S2. The molecule has 28 heavy (non-hydrogen) atoms. The standard InChI is InChI=1S/C20H24N2O4S2/c1-5-26-20(25)22-18(24)17-13(3)14(4)28-19(17)21-16(23)10-11-27-15-8-6-12(2)7-9-15/h6-9H,5,10-11H2,1-4H3,(H,21,23)(H,22,24,25). The van der Waals surface area contributed by atoms with Gasteiger partial charge in [-0.1, -0.05) is 17.7 Å². The maximum atomic E-state index is 12.4. The molecule has 0 saturated carbocycles. The van der Waals surface area contributed by atoms with Gasteiger partial charge in [-0.3, -0.25) is 14.9 Å². The molecule has 0 fully saturated rings. The first-order chi connectivity index (χ1) is 13.3. The second kappa shape index (κ2) is 10.3. The van der Waals surface area contributed by atoms with E-state index in [0.29, 0.717) is 22.7 Å². The number of benzene rings is 1. The Morgan fingerprint density at radius 3 is 2.43 bits per heavy atom. The Morgan fingerprint density at radius 1 is 1.11 bits per heavy atom. The van der Waals surface area contributed by atoms with Gasteiger partial charge in [0, 0.05) is 21.9 Å². The van der Waals surface area contributed by atoms with Crippen LogP contribution in [0.1, 0.15) is 39.7 Å². The lowest BCUT2D eigenvalue weighted by atomic mass is 10.1. The number of hydrogen-bond acceptors (Lipinski definition) is 6. The van der Waals surface area contributed by atoms with E-state index in [9.17, 15) is 14.4 Å². The van der Waals surface area contributed by atoms with E-state index in [0.717, 1.165) is 15.3 Å². The van der Waals surface area contributed by atoms with Crippen molar-refractivity contribution in [2.24, 2.45) is 0 Å². The molecule has 6 nitrogen and oxygen atoms in total. The van der Waals surface area contributed by atoms with Gasteiger partial charge < -0.3 is 10.1 Å². The molecule has 0 aliphatic rings. The average Bonchev–Trinajstić information content (AvgIpc) is 2.90. The lowest BCUT2D eigenvalue weighted by molar-refractivity contribution is -0.115. The van der Waals surface area contributed by atoms with Crippen molar-refractivity contribution in [1.29, 1.82) is 0 Å². The van der Waals surface area contributed by atoms with E-state index in [1.165, 1.54) is 16.9 Å². The van der Waals surface area contributed by atoms with Crippen molar-refractivity contribution in [3.8, 4) is 0 Å². The number of hydrogen-bond donors (Lipinski definition) is 2. The molecule has 0 unspecified atom stereocenters. The second-order valence-corrected chi connectivity index (χ2v) is 8.51. The molecule has 0 spiro atoms. The van der Waals surface area contributed by atoms with Crippen LogP contribution in [0.2, 0.25) is 0 Å². The van der Waals surface area contributed by atoms with E-state index in [-0.39, 0.29) is 12.5 Å². The fourth-order valence-electron chi connectivity index (χ4n) is 2.40. The molecule has 0 atom stereocenters. The zero-order valence-corrected chi connectivity index (χ0v) is 18.0. The van der Waals surface area contributed by atoms with Gasteiger partial charge in [-0.25, -0.2) is 4.79 Å². The smallest absolute Gasteiger partial charge is 0.414 e. The van der Waals surface area contributed by atoms with Crippen LogP contribution in [0.15, 0.2) is 29.2 Å². The number of ether oxygens (including phenoxy) is 1. The molecule has 2 rings (SSSR count). The molecule has 0 bridgehead atoms. The van der Waals surface area contributed by atoms with Crippen LogP contribution in [0.4, 0.5) is 9.80 Å². The summed E-state index contributed by atoms with van der Waals surface area (Å²) in [5.74, 6) is -0.126. The van der Waals surface area contributed by atoms with E-state index in [4.69, 9.17) is 4.74 Å². The van der Waals surface area contributed by atoms with Gasteiger partial charge >= 0.3 is 6.09 Å². The lowest BCUT2D eigenvalue weighted by Gasteiger charge is -2.08. The summed E-state index contributed by atoms with van der Waals surface area (Å²) < 4.78 is 4.75. The predicted octanol–water partition coefficient (Wildman–Crippen LogP) is 4.68. The SMILES string of the molecule is CCOC(=O)NC(=O)c1c(NC(=O)CCSc2ccc(C)cc2)sc(C)c1C. The number of carbonyl (C=O) groups excluding carboxylic acids is 3. The highest BCUT2D eigenvalue weighted by Gasteiger charge is 2.22. The van der Waals surface area contributed by atoms with Crippen LogP contribution in [0.25, 0.3) is 0 Å². The number of rotatable bonds is 7. The Morgan fingerprint density at radius 2 is 1.79 bits per heavy atom. The van der Waals surface area contributed by atoms with Gasteiger partial charge in [-0.05, 0) is 45.4 Å². The molecule has 0 aliphatic carbocycles. The average molecular weight is 421 g/mol. The minimum absolute atomic E-state index is 0.170. The van der Waals surface area contributed by atoms with Gasteiger partial charge in [0.25, 0.3) is 5.91 Å². The summed E-state index contributed by atoms with van der Waals surface area (Å²) in [5.41, 5.74) is 2.23. The summed E-state index contributed by atoms with van der Waals surface area (Å²) in [4.78, 5) is 38.3. The first kappa shape index (κ1) is 22.0. The number of anilines is 1. The third-order valence-corrected chi connectivity index (χ3v) is 6.11. The summed E-state index contributed by atoms with van der Waals surface area (Å²) in [6, 6.07) is 8.13. The van der Waals surface area contributed by atoms with Crippen LogP contribution < -0.4 is 10.6 Å². The molecule has 0 saturated heterocycles. The fraction of sp³-hybridized carbons (Fsp3) is 0.350. The highest BCUT2D eigenvalue weighted by atomic mass is 32.2. The maximum Gasteiger partial charge on any atom is 0.414 e. The van der Waals surface area contributed by atoms with Crippen LogP contribution >= 0.6 is 23.1 Å². The Bertz CT molecular complexity index is 860. The van der Waals surface area contributed by atoms with Crippen molar-refractivity contribution >= 4 is 46.0 Å². The molecule has 8 heteroatoms. The number of thiophene rings is 1. The number of nitrogens with one attached hydrogen (secondary N) is 2. The highest BCUT2D eigenvalue weighted by molar-refractivity contribution is 7.99. The number of thioether (sulfide) groups is 1. The molecule has 150 valence electrons. The molecule has 1 aromatic carbocycles. The first-order valence-electron chi connectivity index (χ1n) is 8.89. The summed E-state index contributed by atoms with van der Waals surface area (Å²) in [5, 5.41) is 5.44. The summed E-state index contributed by atoms with van der Waals surface area (Å²) >= 11 is 2.92. The molecule has 1 heterocycles. The van der Waals surface area contributed by atoms with Crippen LogP contribution in [-0.4, -0.2) is 30.3 Å². The van der Waals surface area contributed by atoms with Gasteiger partial charge in [0.05, 0.1) is 12.2 Å². The normalized spacial score (nSPS) is 10.4. The number of imide groups is 1. The highest BCUT2D eigenvalue weighted by Crippen LogP contribution is 2.32. The Balaban J connectivity index is 1.97. The monoisotopic (exact) mass is 420 g/mol. The van der Waals surface area contributed by atoms with E-state index < -0.39 is 12.0 Å². The second-order valence-electron chi connectivity index (χ2n) is 6.12. The van der Waals surface area contributed by atoms with Gasteiger partial charge in [-0.15, -0.1) is 23.1 Å². The van der Waals surface area contributed by atoms with Gasteiger partial charge in [0.1, 0.15) is 5.00 Å². The van der Waals surface area contributed by atoms with Crippen molar-refractivity contribution in [3.63, 3.8) is 0 Å². The van der Waals surface area contributed by atoms with Gasteiger partial charge in [0.15, 0.2) is 0 Å². The molecule has 1 aromatic heterocycles. The van der Waals surface area contributed by atoms with Crippen LogP contribution in [-0.2, 0) is 9.53 Å². The number of carbonyl (C=O) groups is 3. The minimum atomic E-state index is -0.803. The predicted molar refractivity (Wildman–Crippen MR) is 113 cm³/mol. The Kier molecular flexibility index (Phi) is 8.07. The summed E-state index contributed by atoms with van der Waals surface area (Å²) in [7, 11) is 0. The molecule has 2 N–H and O–H groups in total. The van der Waals surface area contributed by atoms with Gasteiger partial charge in [-0.2, -0.15) is 0 Å². The van der Waals surface area contributed by atoms with E-state index >= 15 is 0 Å². The number of alkyl carbamates (subject to hydrolysis) is 1. The third-order valence-electron chi connectivity index (χ3n) is 3.98. The minimum Gasteiger partial charge on any atom is -0.450 e. The largest absolute Gasteiger partial charge is 0.450 e. The lowest BCUT2D eigenvalue weighted by Crippen LogP contribution is -2.32. The molecule has 2 aromatic rings. The first-order valence-corrected chi connectivity index (χ1v) is 10.7. The summed E-state index contributed by atoms with van der Waals surface area (Å²) in [6.07, 6.45) is -0.490. The van der Waals surface area contributed by atoms with Crippen molar-refractivity contribution in [3.05, 3.63) is 45.8 Å². The van der Waals surface area contributed by atoms with Crippen molar-refractivity contribution in [1.82, 2.24) is 5.32 Å². The van der Waals surface area contributed by atoms with Crippen molar-refractivity contribution in [2.45, 2.75) is 39.0 Å². The third kappa shape index (κ3) is 6.10. The number of aryl methyl sites for hydroxylation is 2. The summed E-state index contributed by atoms with van der Waals surface area (Å²) in [6.45, 7) is 7.51. The molecule has 0 radical (unpaired) electrons.